The second kappa shape index (κ2) is 4.21. The highest BCUT2D eigenvalue weighted by Crippen LogP contribution is 2.34. The maximum Gasteiger partial charge on any atom is 0.241 e. The van der Waals surface area contributed by atoms with Gasteiger partial charge in [0.25, 0.3) is 0 Å². The first-order chi connectivity index (χ1) is 8.68. The molecule has 4 heteroatoms. The second-order valence-electron chi connectivity index (χ2n) is 4.30. The van der Waals surface area contributed by atoms with Crippen molar-refractivity contribution in [1.29, 1.82) is 0 Å². The molecule has 90 valence electrons. The molecular formula is C14H10BrNO2. The van der Waals surface area contributed by atoms with E-state index >= 15 is 0 Å². The van der Waals surface area contributed by atoms with Crippen LogP contribution in [0.3, 0.4) is 0 Å². The van der Waals surface area contributed by atoms with Gasteiger partial charge in [0.05, 0.1) is 5.92 Å². The SMILES string of the molecule is O=C1NC(=O)C(c2cccc3ccccc23)C1Br. The summed E-state index contributed by atoms with van der Waals surface area (Å²) >= 11 is 3.30. The Balaban J connectivity index is 2.20. The molecule has 0 radical (unpaired) electrons. The Labute approximate surface area is 112 Å². The molecule has 2 aromatic rings. The van der Waals surface area contributed by atoms with Crippen molar-refractivity contribution in [1.82, 2.24) is 5.32 Å². The molecule has 0 bridgehead atoms. The number of imide groups is 1. The lowest BCUT2D eigenvalue weighted by Crippen LogP contribution is -2.22. The number of hydrogen-bond acceptors (Lipinski definition) is 2. The number of amides is 2. The van der Waals surface area contributed by atoms with E-state index in [4.69, 9.17) is 0 Å². The predicted molar refractivity (Wildman–Crippen MR) is 72.6 cm³/mol. The lowest BCUT2D eigenvalue weighted by Gasteiger charge is -2.13. The number of hydrogen-bond donors (Lipinski definition) is 1. The molecule has 3 nitrogen and oxygen atoms in total. The van der Waals surface area contributed by atoms with Crippen LogP contribution in [0.4, 0.5) is 0 Å². The first-order valence-corrected chi connectivity index (χ1v) is 6.56. The van der Waals surface area contributed by atoms with Gasteiger partial charge in [-0.1, -0.05) is 58.4 Å². The van der Waals surface area contributed by atoms with E-state index in [1.165, 1.54) is 0 Å². The number of benzene rings is 2. The molecule has 1 aliphatic heterocycles. The summed E-state index contributed by atoms with van der Waals surface area (Å²) in [5, 5.41) is 4.44. The molecule has 0 saturated carbocycles. The highest BCUT2D eigenvalue weighted by atomic mass is 79.9. The van der Waals surface area contributed by atoms with E-state index in [0.29, 0.717) is 0 Å². The van der Waals surface area contributed by atoms with Crippen molar-refractivity contribution < 1.29 is 9.59 Å². The smallest absolute Gasteiger partial charge is 0.241 e. The normalized spacial score (nSPS) is 23.4. The quantitative estimate of drug-likeness (QED) is 0.649. The van der Waals surface area contributed by atoms with Gasteiger partial charge in [-0.15, -0.1) is 0 Å². The highest BCUT2D eigenvalue weighted by Gasteiger charge is 2.41. The number of alkyl halides is 1. The van der Waals surface area contributed by atoms with E-state index in [1.807, 2.05) is 42.5 Å². The number of fused-ring (bicyclic) bond motifs is 1. The van der Waals surface area contributed by atoms with Crippen molar-refractivity contribution in [2.75, 3.05) is 0 Å². The Morgan fingerprint density at radius 1 is 0.944 bits per heavy atom. The summed E-state index contributed by atoms with van der Waals surface area (Å²) < 4.78 is 0. The summed E-state index contributed by atoms with van der Waals surface area (Å²) in [7, 11) is 0. The van der Waals surface area contributed by atoms with E-state index in [-0.39, 0.29) is 11.8 Å². The molecule has 1 fully saturated rings. The largest absolute Gasteiger partial charge is 0.295 e. The standard InChI is InChI=1S/C14H10BrNO2/c15-12-11(13(17)16-14(12)18)10-7-3-5-8-4-1-2-6-9(8)10/h1-7,11-12H,(H,16,17,18). The molecule has 1 saturated heterocycles. The van der Waals surface area contributed by atoms with Gasteiger partial charge in [-0.25, -0.2) is 0 Å². The number of carbonyl (C=O) groups excluding carboxylic acids is 2. The average molecular weight is 304 g/mol. The van der Waals surface area contributed by atoms with Crippen LogP contribution in [0.1, 0.15) is 11.5 Å². The fraction of sp³-hybridized carbons (Fsp3) is 0.143. The zero-order chi connectivity index (χ0) is 12.7. The van der Waals surface area contributed by atoms with Crippen molar-refractivity contribution in [2.24, 2.45) is 0 Å². The van der Waals surface area contributed by atoms with Crippen LogP contribution in [0.5, 0.6) is 0 Å². The van der Waals surface area contributed by atoms with Gasteiger partial charge in [0.15, 0.2) is 0 Å². The lowest BCUT2D eigenvalue weighted by molar-refractivity contribution is -0.125. The van der Waals surface area contributed by atoms with Crippen LogP contribution >= 0.6 is 15.9 Å². The van der Waals surface area contributed by atoms with Crippen LogP contribution in [0.15, 0.2) is 42.5 Å². The predicted octanol–water partition coefficient (Wildman–Crippen LogP) is 2.34. The van der Waals surface area contributed by atoms with Gasteiger partial charge in [0, 0.05) is 0 Å². The van der Waals surface area contributed by atoms with Crippen LogP contribution in [0.2, 0.25) is 0 Å². The van der Waals surface area contributed by atoms with Crippen LogP contribution in [-0.2, 0) is 9.59 Å². The third-order valence-electron chi connectivity index (χ3n) is 3.23. The van der Waals surface area contributed by atoms with Crippen molar-refractivity contribution in [3.63, 3.8) is 0 Å². The van der Waals surface area contributed by atoms with Gasteiger partial charge in [-0.05, 0) is 16.3 Å². The zero-order valence-corrected chi connectivity index (χ0v) is 11.0. The van der Waals surface area contributed by atoms with E-state index in [0.717, 1.165) is 16.3 Å². The van der Waals surface area contributed by atoms with Crippen molar-refractivity contribution in [2.45, 2.75) is 10.7 Å². The van der Waals surface area contributed by atoms with E-state index in [2.05, 4.69) is 21.2 Å². The maximum absolute atomic E-state index is 11.9. The Hall–Kier alpha value is -1.68. The minimum absolute atomic E-state index is 0.238. The molecule has 2 amide bonds. The minimum Gasteiger partial charge on any atom is -0.295 e. The molecule has 1 aliphatic rings. The summed E-state index contributed by atoms with van der Waals surface area (Å²) in [5.41, 5.74) is 0.887. The van der Waals surface area contributed by atoms with Gasteiger partial charge in [-0.3, -0.25) is 14.9 Å². The van der Waals surface area contributed by atoms with Gasteiger partial charge >= 0.3 is 0 Å². The number of carbonyl (C=O) groups is 2. The van der Waals surface area contributed by atoms with Crippen molar-refractivity contribution >= 4 is 38.5 Å². The van der Waals surface area contributed by atoms with Crippen LogP contribution in [0.25, 0.3) is 10.8 Å². The topological polar surface area (TPSA) is 46.2 Å². The average Bonchev–Trinajstić information content (AvgIpc) is 2.63. The number of rotatable bonds is 1. The molecule has 2 unspecified atom stereocenters. The molecular weight excluding hydrogens is 294 g/mol. The fourth-order valence-corrected chi connectivity index (χ4v) is 3.01. The van der Waals surface area contributed by atoms with Crippen molar-refractivity contribution in [3.8, 4) is 0 Å². The molecule has 0 spiro atoms. The van der Waals surface area contributed by atoms with Gasteiger partial charge < -0.3 is 0 Å². The Morgan fingerprint density at radius 2 is 1.67 bits per heavy atom. The molecule has 1 N–H and O–H groups in total. The third-order valence-corrected chi connectivity index (χ3v) is 4.17. The molecule has 18 heavy (non-hydrogen) atoms. The third kappa shape index (κ3) is 1.64. The Bertz CT molecular complexity index is 648. The van der Waals surface area contributed by atoms with Gasteiger partial charge in [0.2, 0.25) is 11.8 Å². The molecule has 1 heterocycles. The Morgan fingerprint density at radius 3 is 2.39 bits per heavy atom. The van der Waals surface area contributed by atoms with E-state index in [1.54, 1.807) is 0 Å². The van der Waals surface area contributed by atoms with Gasteiger partial charge in [0.1, 0.15) is 4.83 Å². The molecule has 2 aromatic carbocycles. The second-order valence-corrected chi connectivity index (χ2v) is 5.29. The van der Waals surface area contributed by atoms with Crippen LogP contribution < -0.4 is 5.32 Å². The summed E-state index contributed by atoms with van der Waals surface area (Å²) in [6, 6.07) is 13.7. The Kier molecular flexibility index (Phi) is 2.67. The molecule has 2 atom stereocenters. The summed E-state index contributed by atoms with van der Waals surface area (Å²) in [5.74, 6) is -0.959. The first kappa shape index (κ1) is 11.4. The first-order valence-electron chi connectivity index (χ1n) is 5.65. The number of nitrogens with one attached hydrogen (secondary N) is 1. The number of halogens is 1. The zero-order valence-electron chi connectivity index (χ0n) is 9.39. The molecule has 0 aliphatic carbocycles. The molecule has 3 rings (SSSR count). The summed E-state index contributed by atoms with van der Waals surface area (Å²) in [4.78, 5) is 22.9. The monoisotopic (exact) mass is 303 g/mol. The summed E-state index contributed by atoms with van der Waals surface area (Å²) in [6.07, 6.45) is 0. The van der Waals surface area contributed by atoms with Crippen LogP contribution in [-0.4, -0.2) is 16.6 Å². The fourth-order valence-electron chi connectivity index (χ4n) is 2.37. The minimum atomic E-state index is -0.490. The molecule has 0 aromatic heterocycles. The maximum atomic E-state index is 11.9. The highest BCUT2D eigenvalue weighted by molar-refractivity contribution is 9.10. The lowest BCUT2D eigenvalue weighted by atomic mass is 9.92. The van der Waals surface area contributed by atoms with Crippen LogP contribution in [0, 0.1) is 0 Å². The summed E-state index contributed by atoms with van der Waals surface area (Å²) in [6.45, 7) is 0. The van der Waals surface area contributed by atoms with Gasteiger partial charge in [-0.2, -0.15) is 0 Å². The van der Waals surface area contributed by atoms with Crippen molar-refractivity contribution in [3.05, 3.63) is 48.0 Å². The van der Waals surface area contributed by atoms with E-state index in [9.17, 15) is 9.59 Å². The van der Waals surface area contributed by atoms with E-state index < -0.39 is 10.7 Å².